The van der Waals surface area contributed by atoms with E-state index in [9.17, 15) is 5.11 Å². The van der Waals surface area contributed by atoms with E-state index in [1.54, 1.807) is 0 Å². The zero-order valence-electron chi connectivity index (χ0n) is 8.34. The van der Waals surface area contributed by atoms with Gasteiger partial charge in [-0.15, -0.1) is 0 Å². The smallest absolute Gasteiger partial charge is 0.0704 e. The topological polar surface area (TPSA) is 32.3 Å². The van der Waals surface area contributed by atoms with E-state index in [0.29, 0.717) is 5.92 Å². The summed E-state index contributed by atoms with van der Waals surface area (Å²) in [6.45, 7) is 1.85. The van der Waals surface area contributed by atoms with Gasteiger partial charge in [0.2, 0.25) is 0 Å². The van der Waals surface area contributed by atoms with E-state index in [1.165, 1.54) is 38.5 Å². The maximum atomic E-state index is 9.60. The summed E-state index contributed by atoms with van der Waals surface area (Å²) in [6, 6.07) is 0. The van der Waals surface area contributed by atoms with Crippen LogP contribution in [0.1, 0.15) is 38.5 Å². The van der Waals surface area contributed by atoms with E-state index in [2.05, 4.69) is 5.32 Å². The van der Waals surface area contributed by atoms with Gasteiger partial charge in [0.15, 0.2) is 0 Å². The first kappa shape index (κ1) is 9.47. The van der Waals surface area contributed by atoms with Gasteiger partial charge in [-0.2, -0.15) is 0 Å². The normalized spacial score (nSPS) is 35.8. The fraction of sp³-hybridized carbons (Fsp3) is 1.00. The van der Waals surface area contributed by atoms with Crippen LogP contribution < -0.4 is 5.32 Å². The van der Waals surface area contributed by atoms with E-state index >= 15 is 0 Å². The first-order valence-corrected chi connectivity index (χ1v) is 5.75. The van der Waals surface area contributed by atoms with Gasteiger partial charge in [-0.3, -0.25) is 0 Å². The molecule has 2 unspecified atom stereocenters. The number of nitrogens with one attached hydrogen (secondary N) is 1. The Morgan fingerprint density at radius 1 is 1.08 bits per heavy atom. The highest BCUT2D eigenvalue weighted by molar-refractivity contribution is 4.81. The lowest BCUT2D eigenvalue weighted by molar-refractivity contribution is 0.138. The Morgan fingerprint density at radius 2 is 1.85 bits per heavy atom. The van der Waals surface area contributed by atoms with Gasteiger partial charge in [-0.25, -0.2) is 0 Å². The number of β-amino-alcohol motifs (C(OH)–C–C–N with tert-alkyl or cyclic N) is 1. The van der Waals surface area contributed by atoms with Crippen LogP contribution in [0, 0.1) is 11.8 Å². The zero-order chi connectivity index (χ0) is 9.10. The van der Waals surface area contributed by atoms with Crippen molar-refractivity contribution < 1.29 is 5.11 Å². The fourth-order valence-corrected chi connectivity index (χ4v) is 2.76. The van der Waals surface area contributed by atoms with Gasteiger partial charge in [0.25, 0.3) is 0 Å². The lowest BCUT2D eigenvalue weighted by atomic mass is 9.93. The molecule has 2 aliphatic rings. The summed E-state index contributed by atoms with van der Waals surface area (Å²) < 4.78 is 0. The second-order valence-electron chi connectivity index (χ2n) is 4.71. The molecule has 2 fully saturated rings. The van der Waals surface area contributed by atoms with Crippen LogP contribution in [0.5, 0.6) is 0 Å². The summed E-state index contributed by atoms with van der Waals surface area (Å²) >= 11 is 0. The van der Waals surface area contributed by atoms with Gasteiger partial charge < -0.3 is 10.4 Å². The standard InChI is InChI=1S/C11H21NO/c13-11-8-12-7-10(11)6-5-9-3-1-2-4-9/h9-13H,1-8H2. The van der Waals surface area contributed by atoms with E-state index in [0.717, 1.165) is 19.0 Å². The van der Waals surface area contributed by atoms with Crippen LogP contribution in [-0.4, -0.2) is 24.3 Å². The fourth-order valence-electron chi connectivity index (χ4n) is 2.76. The molecule has 1 saturated carbocycles. The predicted molar refractivity (Wildman–Crippen MR) is 53.6 cm³/mol. The zero-order valence-corrected chi connectivity index (χ0v) is 8.34. The van der Waals surface area contributed by atoms with Crippen molar-refractivity contribution in [3.63, 3.8) is 0 Å². The van der Waals surface area contributed by atoms with Crippen LogP contribution in [0.25, 0.3) is 0 Å². The Kier molecular flexibility index (Phi) is 3.23. The molecule has 0 amide bonds. The second kappa shape index (κ2) is 4.43. The molecule has 0 spiro atoms. The molecule has 1 aliphatic heterocycles. The molecule has 1 heterocycles. The van der Waals surface area contributed by atoms with E-state index < -0.39 is 0 Å². The lowest BCUT2D eigenvalue weighted by Gasteiger charge is -2.15. The van der Waals surface area contributed by atoms with Crippen LogP contribution in [0.4, 0.5) is 0 Å². The van der Waals surface area contributed by atoms with Crippen molar-refractivity contribution in [3.05, 3.63) is 0 Å². The monoisotopic (exact) mass is 183 g/mol. The van der Waals surface area contributed by atoms with Crippen LogP contribution in [-0.2, 0) is 0 Å². The Morgan fingerprint density at radius 3 is 2.46 bits per heavy atom. The summed E-state index contributed by atoms with van der Waals surface area (Å²) in [5.74, 6) is 1.52. The minimum absolute atomic E-state index is 0.0681. The van der Waals surface area contributed by atoms with Crippen LogP contribution >= 0.6 is 0 Å². The molecule has 0 aromatic rings. The van der Waals surface area contributed by atoms with Crippen molar-refractivity contribution in [2.24, 2.45) is 11.8 Å². The molecule has 0 aromatic carbocycles. The van der Waals surface area contributed by atoms with E-state index in [4.69, 9.17) is 0 Å². The molecule has 76 valence electrons. The first-order chi connectivity index (χ1) is 6.36. The number of aliphatic hydroxyl groups is 1. The summed E-state index contributed by atoms with van der Waals surface area (Å²) in [7, 11) is 0. The minimum Gasteiger partial charge on any atom is -0.391 e. The third kappa shape index (κ3) is 2.44. The Balaban J connectivity index is 1.66. The Hall–Kier alpha value is -0.0800. The molecule has 2 heteroatoms. The third-order valence-electron chi connectivity index (χ3n) is 3.72. The maximum Gasteiger partial charge on any atom is 0.0704 e. The van der Waals surface area contributed by atoms with Crippen molar-refractivity contribution in [2.45, 2.75) is 44.6 Å². The Labute approximate surface area is 80.7 Å². The van der Waals surface area contributed by atoms with Crippen molar-refractivity contribution in [2.75, 3.05) is 13.1 Å². The molecule has 1 saturated heterocycles. The molecule has 1 aliphatic carbocycles. The van der Waals surface area contributed by atoms with Gasteiger partial charge in [0, 0.05) is 13.1 Å². The SMILES string of the molecule is OC1CNCC1CCC1CCCC1. The summed E-state index contributed by atoms with van der Waals surface area (Å²) in [5.41, 5.74) is 0. The van der Waals surface area contributed by atoms with Gasteiger partial charge >= 0.3 is 0 Å². The number of aliphatic hydroxyl groups excluding tert-OH is 1. The molecular weight excluding hydrogens is 162 g/mol. The van der Waals surface area contributed by atoms with E-state index in [-0.39, 0.29) is 6.10 Å². The van der Waals surface area contributed by atoms with Gasteiger partial charge in [0.1, 0.15) is 0 Å². The average Bonchev–Trinajstić information content (AvgIpc) is 2.72. The molecule has 2 rings (SSSR count). The first-order valence-electron chi connectivity index (χ1n) is 5.75. The highest BCUT2D eigenvalue weighted by atomic mass is 16.3. The molecule has 0 aromatic heterocycles. The highest BCUT2D eigenvalue weighted by Crippen LogP contribution is 2.30. The number of rotatable bonds is 3. The summed E-state index contributed by atoms with van der Waals surface area (Å²) in [6.07, 6.45) is 8.28. The summed E-state index contributed by atoms with van der Waals surface area (Å²) in [4.78, 5) is 0. The predicted octanol–water partition coefficient (Wildman–Crippen LogP) is 1.54. The molecule has 2 nitrogen and oxygen atoms in total. The number of hydrogen-bond acceptors (Lipinski definition) is 2. The quantitative estimate of drug-likeness (QED) is 0.695. The van der Waals surface area contributed by atoms with E-state index in [1.807, 2.05) is 0 Å². The van der Waals surface area contributed by atoms with Gasteiger partial charge in [0.05, 0.1) is 6.10 Å². The largest absolute Gasteiger partial charge is 0.391 e. The van der Waals surface area contributed by atoms with Crippen molar-refractivity contribution in [1.82, 2.24) is 5.32 Å². The third-order valence-corrected chi connectivity index (χ3v) is 3.72. The van der Waals surface area contributed by atoms with Crippen molar-refractivity contribution >= 4 is 0 Å². The average molecular weight is 183 g/mol. The van der Waals surface area contributed by atoms with Crippen LogP contribution in [0.15, 0.2) is 0 Å². The van der Waals surface area contributed by atoms with Crippen LogP contribution in [0.3, 0.4) is 0 Å². The molecule has 2 atom stereocenters. The maximum absolute atomic E-state index is 9.60. The molecule has 0 bridgehead atoms. The van der Waals surface area contributed by atoms with Crippen LogP contribution in [0.2, 0.25) is 0 Å². The second-order valence-corrected chi connectivity index (χ2v) is 4.71. The highest BCUT2D eigenvalue weighted by Gasteiger charge is 2.25. The molecule has 0 radical (unpaired) electrons. The molecular formula is C11H21NO. The summed E-state index contributed by atoms with van der Waals surface area (Å²) in [5, 5.41) is 12.8. The van der Waals surface area contributed by atoms with Crippen molar-refractivity contribution in [3.8, 4) is 0 Å². The molecule has 13 heavy (non-hydrogen) atoms. The van der Waals surface area contributed by atoms with Gasteiger partial charge in [-0.1, -0.05) is 32.1 Å². The van der Waals surface area contributed by atoms with Crippen molar-refractivity contribution in [1.29, 1.82) is 0 Å². The Bertz CT molecular complexity index is 154. The number of hydrogen-bond donors (Lipinski definition) is 2. The lowest BCUT2D eigenvalue weighted by Crippen LogP contribution is -2.18. The molecule has 2 N–H and O–H groups in total. The van der Waals surface area contributed by atoms with Gasteiger partial charge in [-0.05, 0) is 18.3 Å². The minimum atomic E-state index is -0.0681.